The molecule has 0 radical (unpaired) electrons. The predicted octanol–water partition coefficient (Wildman–Crippen LogP) is 2.78. The maximum absolute atomic E-state index is 12.6. The molecule has 1 aliphatic carbocycles. The monoisotopic (exact) mass is 289 g/mol. The zero-order valence-corrected chi connectivity index (χ0v) is 13.4. The van der Waals surface area contributed by atoms with Crippen molar-refractivity contribution in [3.63, 3.8) is 0 Å². The Morgan fingerprint density at radius 2 is 2.24 bits per heavy atom. The lowest BCUT2D eigenvalue weighted by Crippen LogP contribution is -2.45. The molecule has 1 N–H and O–H groups in total. The lowest BCUT2D eigenvalue weighted by Gasteiger charge is -2.39. The molecule has 1 aromatic rings. The number of nitrogens with zero attached hydrogens (tertiary/aromatic N) is 2. The van der Waals surface area contributed by atoms with Crippen molar-refractivity contribution in [1.29, 1.82) is 0 Å². The fourth-order valence-electron chi connectivity index (χ4n) is 4.36. The number of aromatic nitrogens is 2. The van der Waals surface area contributed by atoms with E-state index in [4.69, 9.17) is 0 Å². The number of carbonyl (C=O) groups is 1. The normalized spacial score (nSPS) is 31.5. The smallest absolute Gasteiger partial charge is 0.223 e. The van der Waals surface area contributed by atoms with Crippen LogP contribution in [-0.2, 0) is 17.8 Å². The summed E-state index contributed by atoms with van der Waals surface area (Å²) in [5.74, 6) is 1.11. The van der Waals surface area contributed by atoms with E-state index in [2.05, 4.69) is 35.6 Å². The highest BCUT2D eigenvalue weighted by Crippen LogP contribution is 2.41. The Bertz CT molecular complexity index is 520. The van der Waals surface area contributed by atoms with Gasteiger partial charge in [0.25, 0.3) is 0 Å². The van der Waals surface area contributed by atoms with Gasteiger partial charge in [0.2, 0.25) is 5.91 Å². The van der Waals surface area contributed by atoms with Crippen LogP contribution >= 0.6 is 0 Å². The summed E-state index contributed by atoms with van der Waals surface area (Å²) in [5.41, 5.74) is 1.54. The van der Waals surface area contributed by atoms with Gasteiger partial charge in [0.1, 0.15) is 0 Å². The largest absolute Gasteiger partial charge is 0.353 e. The fraction of sp³-hybridized carbons (Fsp3) is 0.765. The van der Waals surface area contributed by atoms with Crippen LogP contribution in [0.1, 0.15) is 52.1 Å². The van der Waals surface area contributed by atoms with E-state index in [1.807, 2.05) is 12.5 Å². The second kappa shape index (κ2) is 5.47. The zero-order valence-electron chi connectivity index (χ0n) is 13.4. The van der Waals surface area contributed by atoms with Crippen molar-refractivity contribution in [2.45, 2.75) is 65.5 Å². The van der Waals surface area contributed by atoms with Gasteiger partial charge in [-0.2, -0.15) is 0 Å². The Labute approximate surface area is 127 Å². The zero-order chi connectivity index (χ0) is 15.0. The van der Waals surface area contributed by atoms with Gasteiger partial charge in [-0.1, -0.05) is 20.8 Å². The minimum Gasteiger partial charge on any atom is -0.353 e. The number of carbonyl (C=O) groups excluding carboxylic acids is 1. The molecule has 3 atom stereocenters. The minimum atomic E-state index is 0.190. The average Bonchev–Trinajstić information content (AvgIpc) is 2.83. The maximum Gasteiger partial charge on any atom is 0.223 e. The van der Waals surface area contributed by atoms with Gasteiger partial charge in [0.15, 0.2) is 0 Å². The second-order valence-corrected chi connectivity index (χ2v) is 7.89. The van der Waals surface area contributed by atoms with E-state index in [9.17, 15) is 4.79 Å². The molecule has 2 heterocycles. The molecule has 1 aliphatic heterocycles. The van der Waals surface area contributed by atoms with Crippen molar-refractivity contribution in [3.05, 3.63) is 18.2 Å². The highest BCUT2D eigenvalue weighted by Gasteiger charge is 2.36. The van der Waals surface area contributed by atoms with E-state index in [0.29, 0.717) is 11.3 Å². The molecule has 0 bridgehead atoms. The SMILES string of the molecule is CC1CC(C(=O)NC2CCn3cncc3C2)CC(C)(C)C1. The number of amides is 1. The summed E-state index contributed by atoms with van der Waals surface area (Å²) in [5, 5.41) is 3.30. The minimum absolute atomic E-state index is 0.190. The molecule has 2 aliphatic rings. The predicted molar refractivity (Wildman–Crippen MR) is 82.8 cm³/mol. The van der Waals surface area contributed by atoms with Gasteiger partial charge >= 0.3 is 0 Å². The van der Waals surface area contributed by atoms with Crippen LogP contribution in [0.15, 0.2) is 12.5 Å². The number of fused-ring (bicyclic) bond motifs is 1. The van der Waals surface area contributed by atoms with Crippen LogP contribution in [-0.4, -0.2) is 21.5 Å². The van der Waals surface area contributed by atoms with Crippen LogP contribution in [0, 0.1) is 17.3 Å². The lowest BCUT2D eigenvalue weighted by atomic mass is 9.68. The van der Waals surface area contributed by atoms with Crippen LogP contribution in [0.4, 0.5) is 0 Å². The van der Waals surface area contributed by atoms with E-state index in [0.717, 1.165) is 32.2 Å². The quantitative estimate of drug-likeness (QED) is 0.910. The van der Waals surface area contributed by atoms with Gasteiger partial charge < -0.3 is 9.88 Å². The van der Waals surface area contributed by atoms with E-state index in [-0.39, 0.29) is 17.9 Å². The Hall–Kier alpha value is -1.32. The Balaban J connectivity index is 1.59. The highest BCUT2D eigenvalue weighted by atomic mass is 16.1. The van der Waals surface area contributed by atoms with Gasteiger partial charge in [-0.15, -0.1) is 0 Å². The van der Waals surface area contributed by atoms with E-state index < -0.39 is 0 Å². The van der Waals surface area contributed by atoms with Crippen molar-refractivity contribution in [3.8, 4) is 0 Å². The van der Waals surface area contributed by atoms with E-state index >= 15 is 0 Å². The second-order valence-electron chi connectivity index (χ2n) is 7.89. The first-order chi connectivity index (χ1) is 9.93. The van der Waals surface area contributed by atoms with Crippen molar-refractivity contribution in [2.75, 3.05) is 0 Å². The van der Waals surface area contributed by atoms with Crippen LogP contribution in [0.25, 0.3) is 0 Å². The molecular weight excluding hydrogens is 262 g/mol. The van der Waals surface area contributed by atoms with Crippen molar-refractivity contribution in [2.24, 2.45) is 17.3 Å². The molecule has 3 rings (SSSR count). The molecule has 4 nitrogen and oxygen atoms in total. The number of imidazole rings is 1. The molecule has 21 heavy (non-hydrogen) atoms. The number of rotatable bonds is 2. The third kappa shape index (κ3) is 3.30. The summed E-state index contributed by atoms with van der Waals surface area (Å²) >= 11 is 0. The standard InChI is InChI=1S/C17H27N3O/c1-12-6-13(9-17(2,3)8-12)16(21)19-14-4-5-20-11-18-10-15(20)7-14/h10-14H,4-9H2,1-3H3,(H,19,21). The van der Waals surface area contributed by atoms with Crippen LogP contribution < -0.4 is 5.32 Å². The summed E-state index contributed by atoms with van der Waals surface area (Å²) in [6.45, 7) is 7.83. The molecule has 1 fully saturated rings. The molecule has 116 valence electrons. The topological polar surface area (TPSA) is 46.9 Å². The fourth-order valence-corrected chi connectivity index (χ4v) is 4.36. The van der Waals surface area contributed by atoms with Crippen LogP contribution in [0.3, 0.4) is 0 Å². The van der Waals surface area contributed by atoms with Crippen LogP contribution in [0.2, 0.25) is 0 Å². The molecule has 1 aromatic heterocycles. The van der Waals surface area contributed by atoms with Crippen molar-refractivity contribution in [1.82, 2.24) is 14.9 Å². The van der Waals surface area contributed by atoms with Crippen molar-refractivity contribution < 1.29 is 4.79 Å². The van der Waals surface area contributed by atoms with Gasteiger partial charge in [-0.3, -0.25) is 4.79 Å². The lowest BCUT2D eigenvalue weighted by molar-refractivity contribution is -0.128. The van der Waals surface area contributed by atoms with Gasteiger partial charge in [-0.25, -0.2) is 4.98 Å². The maximum atomic E-state index is 12.6. The van der Waals surface area contributed by atoms with Gasteiger partial charge in [0.05, 0.1) is 6.33 Å². The third-order valence-corrected chi connectivity index (χ3v) is 5.08. The Morgan fingerprint density at radius 3 is 3.00 bits per heavy atom. The molecular formula is C17H27N3O. The Morgan fingerprint density at radius 1 is 1.43 bits per heavy atom. The molecule has 1 amide bonds. The van der Waals surface area contributed by atoms with E-state index in [1.54, 1.807) is 0 Å². The average molecular weight is 289 g/mol. The summed E-state index contributed by atoms with van der Waals surface area (Å²) in [6, 6.07) is 0.280. The third-order valence-electron chi connectivity index (χ3n) is 5.08. The first-order valence-corrected chi connectivity index (χ1v) is 8.22. The molecule has 4 heteroatoms. The van der Waals surface area contributed by atoms with Crippen molar-refractivity contribution >= 4 is 5.91 Å². The summed E-state index contributed by atoms with van der Waals surface area (Å²) in [6.07, 6.45) is 9.04. The molecule has 3 unspecified atom stereocenters. The van der Waals surface area contributed by atoms with Gasteiger partial charge in [-0.05, 0) is 37.0 Å². The van der Waals surface area contributed by atoms with E-state index in [1.165, 1.54) is 12.1 Å². The summed E-state index contributed by atoms with van der Waals surface area (Å²) in [7, 11) is 0. The number of hydrogen-bond acceptors (Lipinski definition) is 2. The summed E-state index contributed by atoms with van der Waals surface area (Å²) < 4.78 is 2.19. The first kappa shape index (κ1) is 14.6. The Kier molecular flexibility index (Phi) is 3.80. The molecule has 0 saturated heterocycles. The van der Waals surface area contributed by atoms with Crippen LogP contribution in [0.5, 0.6) is 0 Å². The molecule has 0 spiro atoms. The first-order valence-electron chi connectivity index (χ1n) is 8.22. The molecule has 0 aromatic carbocycles. The number of hydrogen-bond donors (Lipinski definition) is 1. The van der Waals surface area contributed by atoms with Gasteiger partial charge in [0, 0.05) is 36.8 Å². The summed E-state index contributed by atoms with van der Waals surface area (Å²) in [4.78, 5) is 16.8. The molecule has 1 saturated carbocycles. The number of nitrogens with one attached hydrogen (secondary N) is 1. The highest BCUT2D eigenvalue weighted by molar-refractivity contribution is 5.79. The number of aryl methyl sites for hydroxylation is 1.